The molecule has 34 heavy (non-hydrogen) atoms. The van der Waals surface area contributed by atoms with E-state index < -0.39 is 5.25 Å². The van der Waals surface area contributed by atoms with Crippen LogP contribution in [0.3, 0.4) is 0 Å². The molecule has 2 amide bonds. The van der Waals surface area contributed by atoms with Crippen LogP contribution in [-0.4, -0.2) is 36.6 Å². The van der Waals surface area contributed by atoms with Gasteiger partial charge in [-0.1, -0.05) is 53.4 Å². The van der Waals surface area contributed by atoms with Crippen LogP contribution in [0.2, 0.25) is 0 Å². The molecule has 2 heterocycles. The Bertz CT molecular complexity index is 1280. The molecule has 3 aromatic rings. The first-order chi connectivity index (χ1) is 16.3. The number of nitrogens with zero attached hydrogens (tertiary/aromatic N) is 4. The number of hydrogen-bond acceptors (Lipinski definition) is 7. The lowest BCUT2D eigenvalue weighted by Crippen LogP contribution is -2.27. The molecule has 0 bridgehead atoms. The highest BCUT2D eigenvalue weighted by molar-refractivity contribution is 8.02. The van der Waals surface area contributed by atoms with Crippen molar-refractivity contribution in [3.8, 4) is 5.69 Å². The van der Waals surface area contributed by atoms with E-state index in [0.717, 1.165) is 19.3 Å². The van der Waals surface area contributed by atoms with Crippen LogP contribution in [-0.2, 0) is 16.6 Å². The molecule has 0 spiro atoms. The average molecular weight is 499 g/mol. The second-order valence-corrected chi connectivity index (χ2v) is 10.6. The van der Waals surface area contributed by atoms with Crippen molar-refractivity contribution in [1.29, 1.82) is 0 Å². The Hall–Kier alpha value is -3.18. The lowest BCUT2D eigenvalue weighted by molar-refractivity contribution is -0.120. The number of aromatic nitrogens is 4. The summed E-state index contributed by atoms with van der Waals surface area (Å²) in [5, 5.41) is 13.6. The molecule has 0 aliphatic heterocycles. The maximum absolute atomic E-state index is 13.0. The van der Waals surface area contributed by atoms with E-state index in [-0.39, 0.29) is 29.0 Å². The molecule has 0 radical (unpaired) electrons. The van der Waals surface area contributed by atoms with Crippen molar-refractivity contribution < 1.29 is 9.59 Å². The number of amides is 2. The molecular formula is C23H26N6O3S2. The number of para-hydroxylation sites is 1. The van der Waals surface area contributed by atoms with Crippen LogP contribution >= 0.6 is 23.1 Å². The van der Waals surface area contributed by atoms with E-state index >= 15 is 0 Å². The zero-order valence-corrected chi connectivity index (χ0v) is 20.8. The van der Waals surface area contributed by atoms with Gasteiger partial charge >= 0.3 is 0 Å². The fourth-order valence-electron chi connectivity index (χ4n) is 3.69. The fourth-order valence-corrected chi connectivity index (χ4v) is 5.59. The lowest BCUT2D eigenvalue weighted by Gasteiger charge is -2.15. The van der Waals surface area contributed by atoms with Crippen LogP contribution in [0.5, 0.6) is 0 Å². The molecule has 1 aliphatic rings. The van der Waals surface area contributed by atoms with Gasteiger partial charge in [0.05, 0.1) is 16.6 Å². The van der Waals surface area contributed by atoms with Crippen LogP contribution in [0.4, 0.5) is 10.8 Å². The van der Waals surface area contributed by atoms with Gasteiger partial charge in [0.1, 0.15) is 5.69 Å². The number of hydrogen-bond donors (Lipinski definition) is 2. The molecule has 2 N–H and O–H groups in total. The van der Waals surface area contributed by atoms with E-state index in [4.69, 9.17) is 0 Å². The molecule has 1 aliphatic carbocycles. The van der Waals surface area contributed by atoms with E-state index in [1.165, 1.54) is 27.8 Å². The van der Waals surface area contributed by atoms with E-state index in [0.29, 0.717) is 20.9 Å². The number of anilines is 2. The molecule has 2 atom stereocenters. The molecule has 4 rings (SSSR count). The van der Waals surface area contributed by atoms with Crippen molar-refractivity contribution >= 4 is 45.7 Å². The van der Waals surface area contributed by atoms with Crippen molar-refractivity contribution in [3.63, 3.8) is 0 Å². The van der Waals surface area contributed by atoms with Crippen LogP contribution in [0, 0.1) is 12.8 Å². The quantitative estimate of drug-likeness (QED) is 0.292. The molecule has 178 valence electrons. The van der Waals surface area contributed by atoms with Gasteiger partial charge < -0.3 is 10.6 Å². The zero-order chi connectivity index (χ0) is 24.2. The third-order valence-corrected chi connectivity index (χ3v) is 7.75. The third kappa shape index (κ3) is 5.15. The van der Waals surface area contributed by atoms with Gasteiger partial charge in [0.15, 0.2) is 4.34 Å². The summed E-state index contributed by atoms with van der Waals surface area (Å²) in [7, 11) is 1.78. The minimum atomic E-state index is -0.524. The van der Waals surface area contributed by atoms with E-state index in [1.807, 2.05) is 36.4 Å². The predicted octanol–water partition coefficient (Wildman–Crippen LogP) is 3.75. The smallest absolute Gasteiger partial charge is 0.295 e. The molecule has 11 heteroatoms. The molecule has 0 saturated carbocycles. The molecular weight excluding hydrogens is 472 g/mol. The second kappa shape index (κ2) is 10.4. The topological polar surface area (TPSA) is 111 Å². The van der Waals surface area contributed by atoms with Gasteiger partial charge in [-0.3, -0.25) is 19.1 Å². The summed E-state index contributed by atoms with van der Waals surface area (Å²) in [5.74, 6) is -0.424. The number of carbonyl (C=O) groups is 2. The number of rotatable bonds is 7. The molecule has 0 fully saturated rings. The SMILES string of the molecule is Cc1c(NC(=O)[C@@H](C)Sc2nnc(NC(=O)[C@H]3CC=CCC3)s2)c(=O)n(-c2ccccc2)n1C. The monoisotopic (exact) mass is 498 g/mol. The highest BCUT2D eigenvalue weighted by atomic mass is 32.2. The first kappa shape index (κ1) is 24.0. The zero-order valence-electron chi connectivity index (χ0n) is 19.1. The summed E-state index contributed by atoms with van der Waals surface area (Å²) in [4.78, 5) is 38.3. The van der Waals surface area contributed by atoms with Crippen molar-refractivity contribution in [2.75, 3.05) is 10.6 Å². The first-order valence-corrected chi connectivity index (χ1v) is 12.7. The highest BCUT2D eigenvalue weighted by Gasteiger charge is 2.24. The molecule has 0 unspecified atom stereocenters. The van der Waals surface area contributed by atoms with Crippen LogP contribution in [0.15, 0.2) is 51.6 Å². The Kier molecular flexibility index (Phi) is 7.32. The van der Waals surface area contributed by atoms with Gasteiger partial charge in [0.25, 0.3) is 5.56 Å². The number of allylic oxidation sites excluding steroid dienone is 2. The van der Waals surface area contributed by atoms with Crippen molar-refractivity contribution in [2.24, 2.45) is 13.0 Å². The van der Waals surface area contributed by atoms with Crippen molar-refractivity contribution in [3.05, 3.63) is 58.5 Å². The fraction of sp³-hybridized carbons (Fsp3) is 0.348. The average Bonchev–Trinajstić information content (AvgIpc) is 3.37. The minimum absolute atomic E-state index is 0.0521. The van der Waals surface area contributed by atoms with Gasteiger partial charge in [-0.15, -0.1) is 10.2 Å². The Morgan fingerprint density at radius 3 is 2.65 bits per heavy atom. The molecule has 9 nitrogen and oxygen atoms in total. The molecule has 0 saturated heterocycles. The Morgan fingerprint density at radius 2 is 1.94 bits per heavy atom. The van der Waals surface area contributed by atoms with Crippen molar-refractivity contribution in [2.45, 2.75) is 42.7 Å². The van der Waals surface area contributed by atoms with E-state index in [1.54, 1.807) is 25.6 Å². The summed E-state index contributed by atoms with van der Waals surface area (Å²) in [6, 6.07) is 9.26. The molecule has 1 aromatic carbocycles. The number of benzene rings is 1. The number of nitrogens with one attached hydrogen (secondary N) is 2. The second-order valence-electron chi connectivity index (χ2n) is 8.03. The van der Waals surface area contributed by atoms with Gasteiger partial charge in [0, 0.05) is 13.0 Å². The van der Waals surface area contributed by atoms with Crippen molar-refractivity contribution in [1.82, 2.24) is 19.6 Å². The Morgan fingerprint density at radius 1 is 1.18 bits per heavy atom. The number of carbonyl (C=O) groups excluding carboxylic acids is 2. The summed E-state index contributed by atoms with van der Waals surface area (Å²) < 4.78 is 3.80. The maximum Gasteiger partial charge on any atom is 0.295 e. The van der Waals surface area contributed by atoms with E-state index in [9.17, 15) is 14.4 Å². The summed E-state index contributed by atoms with van der Waals surface area (Å²) in [6.45, 7) is 3.53. The van der Waals surface area contributed by atoms with E-state index in [2.05, 4.69) is 26.9 Å². The molecule has 2 aromatic heterocycles. The largest absolute Gasteiger partial charge is 0.319 e. The lowest BCUT2D eigenvalue weighted by atomic mass is 9.94. The predicted molar refractivity (Wildman–Crippen MR) is 135 cm³/mol. The normalized spacial score (nSPS) is 16.3. The summed E-state index contributed by atoms with van der Waals surface area (Å²) in [5.41, 5.74) is 1.32. The van der Waals surface area contributed by atoms with Gasteiger partial charge in [-0.25, -0.2) is 4.68 Å². The van der Waals surface area contributed by atoms with Crippen LogP contribution in [0.1, 0.15) is 31.9 Å². The summed E-state index contributed by atoms with van der Waals surface area (Å²) in [6.07, 6.45) is 6.57. The number of thioether (sulfide) groups is 1. The Balaban J connectivity index is 1.40. The van der Waals surface area contributed by atoms with Gasteiger partial charge in [-0.05, 0) is 45.2 Å². The maximum atomic E-state index is 13.0. The van der Waals surface area contributed by atoms with Crippen LogP contribution in [0.25, 0.3) is 5.69 Å². The standard InChI is InChI=1S/C23H26N6O3S2/c1-14-18(21(32)29(28(14)3)17-12-8-5-9-13-17)24-19(30)15(2)33-23-27-26-22(34-23)25-20(31)16-10-6-4-7-11-16/h4-6,8-9,12-13,15-16H,7,10-11H2,1-3H3,(H,24,30)(H,25,26,31)/t15-,16+/m1/s1. The summed E-state index contributed by atoms with van der Waals surface area (Å²) >= 11 is 2.46. The first-order valence-electron chi connectivity index (χ1n) is 11.0. The minimum Gasteiger partial charge on any atom is -0.319 e. The highest BCUT2D eigenvalue weighted by Crippen LogP contribution is 2.30. The van der Waals surface area contributed by atoms with Gasteiger partial charge in [-0.2, -0.15) is 0 Å². The Labute approximate surface area is 205 Å². The van der Waals surface area contributed by atoms with Crippen LogP contribution < -0.4 is 16.2 Å². The third-order valence-electron chi connectivity index (χ3n) is 5.73. The van der Waals surface area contributed by atoms with Gasteiger partial charge in [0.2, 0.25) is 16.9 Å².